The van der Waals surface area contributed by atoms with Crippen molar-refractivity contribution < 1.29 is 14.3 Å². The van der Waals surface area contributed by atoms with Gasteiger partial charge in [-0.25, -0.2) is 0 Å². The molecule has 0 aliphatic carbocycles. The number of ether oxygens (including phenoxy) is 2. The minimum absolute atomic E-state index is 0.0967. The molecule has 1 heterocycles. The van der Waals surface area contributed by atoms with Crippen LogP contribution in [-0.4, -0.2) is 48.8 Å². The van der Waals surface area contributed by atoms with Gasteiger partial charge in [0.05, 0.1) is 6.61 Å². The molecule has 1 amide bonds. The van der Waals surface area contributed by atoms with Crippen molar-refractivity contribution in [2.75, 3.05) is 31.6 Å². The molecule has 1 aliphatic heterocycles. The molecule has 5 heteroatoms. The molecule has 5 nitrogen and oxygen atoms in total. The van der Waals surface area contributed by atoms with Crippen molar-refractivity contribution in [1.29, 1.82) is 0 Å². The van der Waals surface area contributed by atoms with Crippen LogP contribution >= 0.6 is 0 Å². The van der Waals surface area contributed by atoms with Crippen LogP contribution in [0.4, 0.5) is 5.69 Å². The van der Waals surface area contributed by atoms with Crippen molar-refractivity contribution in [3.05, 3.63) is 24.3 Å². The normalized spacial score (nSPS) is 19.8. The molecule has 0 saturated carbocycles. The van der Waals surface area contributed by atoms with Gasteiger partial charge in [-0.15, -0.1) is 0 Å². The number of piperidine rings is 1. The molecule has 1 saturated heterocycles. The minimum atomic E-state index is -0.787. The third-order valence-corrected chi connectivity index (χ3v) is 5.58. The van der Waals surface area contributed by atoms with E-state index in [4.69, 9.17) is 9.47 Å². The van der Waals surface area contributed by atoms with Gasteiger partial charge in [-0.3, -0.25) is 4.79 Å². The maximum Gasteiger partial charge on any atom is 0.256 e. The summed E-state index contributed by atoms with van der Waals surface area (Å²) >= 11 is 0. The molecule has 0 unspecified atom stereocenters. The summed E-state index contributed by atoms with van der Waals surface area (Å²) in [5, 5.41) is 2.97. The van der Waals surface area contributed by atoms with Gasteiger partial charge in [0.15, 0.2) is 0 Å². The Hall–Kier alpha value is -1.59. The first-order chi connectivity index (χ1) is 13.5. The van der Waals surface area contributed by atoms with Gasteiger partial charge in [0.2, 0.25) is 0 Å². The van der Waals surface area contributed by atoms with E-state index < -0.39 is 5.60 Å². The molecule has 0 spiro atoms. The van der Waals surface area contributed by atoms with Gasteiger partial charge in [0.1, 0.15) is 11.4 Å². The van der Waals surface area contributed by atoms with Crippen LogP contribution in [0.3, 0.4) is 0 Å². The van der Waals surface area contributed by atoms with Gasteiger partial charge in [-0.1, -0.05) is 19.8 Å². The number of nitrogens with one attached hydrogen (secondary N) is 1. The summed E-state index contributed by atoms with van der Waals surface area (Å²) in [5.74, 6) is 0.742. The van der Waals surface area contributed by atoms with Crippen LogP contribution in [0.5, 0.6) is 5.75 Å². The molecule has 2 atom stereocenters. The Morgan fingerprint density at radius 1 is 1.25 bits per heavy atom. The van der Waals surface area contributed by atoms with Crippen LogP contribution in [0.2, 0.25) is 0 Å². The first-order valence-corrected chi connectivity index (χ1v) is 10.9. The molecular weight excluding hydrogens is 352 g/mol. The molecule has 28 heavy (non-hydrogen) atoms. The number of rotatable bonds is 11. The van der Waals surface area contributed by atoms with Gasteiger partial charge < -0.3 is 19.7 Å². The summed E-state index contributed by atoms with van der Waals surface area (Å²) in [5.41, 5.74) is -0.0221. The van der Waals surface area contributed by atoms with Crippen molar-refractivity contribution in [3.63, 3.8) is 0 Å². The number of likely N-dealkylation sites (tertiary alicyclic amines) is 1. The average Bonchev–Trinajstić information content (AvgIpc) is 2.68. The fraction of sp³-hybridized carbons (Fsp3) is 0.696. The monoisotopic (exact) mass is 390 g/mol. The second-order valence-corrected chi connectivity index (χ2v) is 7.98. The van der Waals surface area contributed by atoms with E-state index in [2.05, 4.69) is 24.1 Å². The average molecular weight is 391 g/mol. The highest BCUT2D eigenvalue weighted by Crippen LogP contribution is 2.22. The summed E-state index contributed by atoms with van der Waals surface area (Å²) in [6, 6.07) is 8.30. The number of hydrogen-bond acceptors (Lipinski definition) is 4. The topological polar surface area (TPSA) is 50.8 Å². The zero-order chi connectivity index (χ0) is 20.4. The second kappa shape index (κ2) is 11.4. The Morgan fingerprint density at radius 2 is 2.00 bits per heavy atom. The van der Waals surface area contributed by atoms with Crippen molar-refractivity contribution in [2.24, 2.45) is 0 Å². The van der Waals surface area contributed by atoms with Crippen LogP contribution < -0.4 is 10.1 Å². The number of amides is 1. The third kappa shape index (κ3) is 6.78. The lowest BCUT2D eigenvalue weighted by Crippen LogP contribution is -2.42. The van der Waals surface area contributed by atoms with Gasteiger partial charge >= 0.3 is 0 Å². The summed E-state index contributed by atoms with van der Waals surface area (Å²) in [7, 11) is 0. The molecule has 1 fully saturated rings. The predicted octanol–water partition coefficient (Wildman–Crippen LogP) is 4.86. The van der Waals surface area contributed by atoms with Gasteiger partial charge in [0, 0.05) is 24.9 Å². The van der Waals surface area contributed by atoms with E-state index in [1.165, 1.54) is 25.8 Å². The minimum Gasteiger partial charge on any atom is -0.494 e. The quantitative estimate of drug-likeness (QED) is 0.548. The summed E-state index contributed by atoms with van der Waals surface area (Å²) in [6.45, 7) is 11.7. The molecule has 0 aromatic heterocycles. The standard InChI is InChI=1S/C23H38N2O3/c1-5-15-23(4,28-6-2)22(26)24-20-11-13-21(14-12-20)27-18-9-17-25-16-8-7-10-19(25)3/h11-14,19H,5-10,15-18H2,1-4H3,(H,24,26)/t19-,23+/m0/s1. The van der Waals surface area contributed by atoms with Crippen LogP contribution in [0.25, 0.3) is 0 Å². The lowest BCUT2D eigenvalue weighted by molar-refractivity contribution is -0.139. The second-order valence-electron chi connectivity index (χ2n) is 7.98. The van der Waals surface area contributed by atoms with E-state index >= 15 is 0 Å². The molecule has 1 aromatic rings. The van der Waals surface area contributed by atoms with Crippen molar-refractivity contribution in [2.45, 2.75) is 77.9 Å². The fourth-order valence-corrected chi connectivity index (χ4v) is 3.89. The molecular formula is C23H38N2O3. The van der Waals surface area contributed by atoms with E-state index in [0.717, 1.165) is 30.8 Å². The molecule has 0 radical (unpaired) electrons. The summed E-state index contributed by atoms with van der Waals surface area (Å²) < 4.78 is 11.6. The number of nitrogens with zero attached hydrogens (tertiary/aromatic N) is 1. The Morgan fingerprint density at radius 3 is 2.64 bits per heavy atom. The highest BCUT2D eigenvalue weighted by Gasteiger charge is 2.32. The van der Waals surface area contributed by atoms with Gasteiger partial charge in [-0.2, -0.15) is 0 Å². The van der Waals surface area contributed by atoms with Crippen LogP contribution in [0, 0.1) is 0 Å². The Bertz CT molecular complexity index is 582. The SMILES string of the molecule is CCC[C@@](C)(OCC)C(=O)Nc1ccc(OCCCN2CCCC[C@@H]2C)cc1. The van der Waals surface area contributed by atoms with E-state index in [1.54, 1.807) is 0 Å². The largest absolute Gasteiger partial charge is 0.494 e. The molecule has 1 N–H and O–H groups in total. The van der Waals surface area contributed by atoms with Crippen molar-refractivity contribution in [1.82, 2.24) is 4.90 Å². The Balaban J connectivity index is 1.77. The highest BCUT2D eigenvalue weighted by atomic mass is 16.5. The number of benzene rings is 1. The molecule has 1 aromatic carbocycles. The fourth-order valence-electron chi connectivity index (χ4n) is 3.89. The summed E-state index contributed by atoms with van der Waals surface area (Å²) in [4.78, 5) is 15.2. The van der Waals surface area contributed by atoms with E-state index in [-0.39, 0.29) is 5.91 Å². The van der Waals surface area contributed by atoms with Crippen LogP contribution in [0.1, 0.15) is 66.2 Å². The van der Waals surface area contributed by atoms with Crippen LogP contribution in [0.15, 0.2) is 24.3 Å². The molecule has 158 valence electrons. The van der Waals surface area contributed by atoms with Crippen molar-refractivity contribution in [3.8, 4) is 5.75 Å². The predicted molar refractivity (Wildman–Crippen MR) is 115 cm³/mol. The van der Waals surface area contributed by atoms with Gasteiger partial charge in [0.25, 0.3) is 5.91 Å². The first-order valence-electron chi connectivity index (χ1n) is 10.9. The van der Waals surface area contributed by atoms with E-state index in [0.29, 0.717) is 25.7 Å². The first kappa shape index (κ1) is 22.7. The lowest BCUT2D eigenvalue weighted by atomic mass is 9.99. The maximum atomic E-state index is 12.6. The maximum absolute atomic E-state index is 12.6. The zero-order valence-electron chi connectivity index (χ0n) is 18.1. The lowest BCUT2D eigenvalue weighted by Gasteiger charge is -2.33. The Kier molecular flexibility index (Phi) is 9.26. The van der Waals surface area contributed by atoms with E-state index in [9.17, 15) is 4.79 Å². The van der Waals surface area contributed by atoms with Crippen LogP contribution in [-0.2, 0) is 9.53 Å². The van der Waals surface area contributed by atoms with E-state index in [1.807, 2.05) is 38.1 Å². The molecule has 1 aliphatic rings. The zero-order valence-corrected chi connectivity index (χ0v) is 18.1. The Labute approximate surface area is 170 Å². The number of carbonyl (C=O) groups excluding carboxylic acids is 1. The van der Waals surface area contributed by atoms with Gasteiger partial charge in [-0.05, 0) is 77.3 Å². The highest BCUT2D eigenvalue weighted by molar-refractivity contribution is 5.97. The smallest absolute Gasteiger partial charge is 0.256 e. The molecule has 0 bridgehead atoms. The molecule has 2 rings (SSSR count). The summed E-state index contributed by atoms with van der Waals surface area (Å²) in [6.07, 6.45) is 6.62. The van der Waals surface area contributed by atoms with Crippen molar-refractivity contribution >= 4 is 11.6 Å². The number of carbonyl (C=O) groups is 1. The number of anilines is 1. The third-order valence-electron chi connectivity index (χ3n) is 5.58. The number of hydrogen-bond donors (Lipinski definition) is 1.